The third-order valence-corrected chi connectivity index (χ3v) is 5.19. The minimum Gasteiger partial charge on any atom is -0.465 e. The molecule has 2 rings (SSSR count). The molecule has 128 valence electrons. The number of sulfonamides is 1. The minimum atomic E-state index is -4.37. The molecule has 0 aromatic heterocycles. The summed E-state index contributed by atoms with van der Waals surface area (Å²) in [6.07, 6.45) is 0. The summed E-state index contributed by atoms with van der Waals surface area (Å²) in [7, 11) is -3.26. The zero-order valence-corrected chi connectivity index (χ0v) is 15.0. The third-order valence-electron chi connectivity index (χ3n) is 3.14. The Bertz CT molecular complexity index is 916. The van der Waals surface area contributed by atoms with Crippen molar-refractivity contribution in [3.8, 4) is 0 Å². The highest BCUT2D eigenvalue weighted by Gasteiger charge is 2.24. The predicted octanol–water partition coefficient (Wildman–Crippen LogP) is 3.62. The normalized spacial score (nSPS) is 11.2. The lowest BCUT2D eigenvalue weighted by molar-refractivity contribution is 0.0599. The summed E-state index contributed by atoms with van der Waals surface area (Å²) < 4.78 is 58.9. The molecule has 1 N–H and O–H groups in total. The second-order valence-corrected chi connectivity index (χ2v) is 7.33. The number of anilines is 1. The van der Waals surface area contributed by atoms with Gasteiger partial charge < -0.3 is 4.74 Å². The number of carbonyl (C=O) groups excluding carboxylic acids is 1. The van der Waals surface area contributed by atoms with Gasteiger partial charge in [0.1, 0.15) is 16.5 Å². The summed E-state index contributed by atoms with van der Waals surface area (Å²) in [6, 6.07) is 5.39. The van der Waals surface area contributed by atoms with Crippen LogP contribution in [0.2, 0.25) is 0 Å². The number of aryl methyl sites for hydroxylation is 1. The molecule has 0 atom stereocenters. The number of halogens is 3. The minimum absolute atomic E-state index is 0.0483. The molecule has 0 aliphatic carbocycles. The molecule has 0 radical (unpaired) electrons. The highest BCUT2D eigenvalue weighted by Crippen LogP contribution is 2.27. The van der Waals surface area contributed by atoms with E-state index in [1.807, 2.05) is 0 Å². The van der Waals surface area contributed by atoms with Gasteiger partial charge in [-0.2, -0.15) is 0 Å². The fourth-order valence-electron chi connectivity index (χ4n) is 1.87. The van der Waals surface area contributed by atoms with Crippen LogP contribution in [0.5, 0.6) is 0 Å². The molecule has 0 unspecified atom stereocenters. The van der Waals surface area contributed by atoms with Crippen molar-refractivity contribution in [2.24, 2.45) is 0 Å². The first-order valence-electron chi connectivity index (χ1n) is 6.52. The Kier molecular flexibility index (Phi) is 5.24. The standard InChI is InChI=1S/C15H12BrF2NO4S/c1-8-3-4-9(5-12(8)17)19-24(21,22)14-6-10(15(20)23-2)11(16)7-13(14)18/h3-7,19H,1-2H3. The maximum atomic E-state index is 14.1. The molecule has 0 heterocycles. The van der Waals surface area contributed by atoms with Gasteiger partial charge in [0.15, 0.2) is 0 Å². The molecule has 2 aromatic rings. The van der Waals surface area contributed by atoms with Crippen molar-refractivity contribution in [2.45, 2.75) is 11.8 Å². The van der Waals surface area contributed by atoms with E-state index < -0.39 is 32.5 Å². The molecule has 0 saturated carbocycles. The number of hydrogen-bond acceptors (Lipinski definition) is 4. The van der Waals surface area contributed by atoms with Gasteiger partial charge in [0.25, 0.3) is 10.0 Å². The van der Waals surface area contributed by atoms with Crippen LogP contribution in [0.25, 0.3) is 0 Å². The Morgan fingerprint density at radius 1 is 1.17 bits per heavy atom. The first kappa shape index (κ1) is 18.3. The first-order valence-corrected chi connectivity index (χ1v) is 8.79. The molecule has 0 bridgehead atoms. The average molecular weight is 420 g/mol. The molecule has 0 spiro atoms. The van der Waals surface area contributed by atoms with Crippen LogP contribution in [0.15, 0.2) is 39.7 Å². The van der Waals surface area contributed by atoms with Crippen molar-refractivity contribution >= 4 is 37.6 Å². The smallest absolute Gasteiger partial charge is 0.339 e. The van der Waals surface area contributed by atoms with Crippen molar-refractivity contribution in [1.82, 2.24) is 0 Å². The van der Waals surface area contributed by atoms with Gasteiger partial charge in [-0.15, -0.1) is 0 Å². The number of rotatable bonds is 4. The second-order valence-electron chi connectivity index (χ2n) is 4.82. The van der Waals surface area contributed by atoms with Crippen molar-refractivity contribution < 1.29 is 26.7 Å². The van der Waals surface area contributed by atoms with E-state index in [0.717, 1.165) is 25.3 Å². The van der Waals surface area contributed by atoms with E-state index in [-0.39, 0.29) is 15.7 Å². The highest BCUT2D eigenvalue weighted by atomic mass is 79.9. The number of ether oxygens (including phenoxy) is 1. The summed E-state index contributed by atoms with van der Waals surface area (Å²) in [6.45, 7) is 1.52. The fourth-order valence-corrected chi connectivity index (χ4v) is 3.48. The lowest BCUT2D eigenvalue weighted by atomic mass is 10.2. The zero-order valence-electron chi connectivity index (χ0n) is 12.6. The van der Waals surface area contributed by atoms with E-state index in [1.165, 1.54) is 19.1 Å². The number of nitrogens with one attached hydrogen (secondary N) is 1. The maximum Gasteiger partial charge on any atom is 0.339 e. The number of esters is 1. The molecule has 24 heavy (non-hydrogen) atoms. The van der Waals surface area contributed by atoms with Crippen LogP contribution >= 0.6 is 15.9 Å². The van der Waals surface area contributed by atoms with Crippen LogP contribution in [-0.2, 0) is 14.8 Å². The number of hydrogen-bond donors (Lipinski definition) is 1. The monoisotopic (exact) mass is 419 g/mol. The van der Waals surface area contributed by atoms with Gasteiger partial charge in [-0.05, 0) is 52.7 Å². The lowest BCUT2D eigenvalue weighted by Crippen LogP contribution is -2.16. The number of benzene rings is 2. The fraction of sp³-hybridized carbons (Fsp3) is 0.133. The van der Waals surface area contributed by atoms with Gasteiger partial charge in [-0.25, -0.2) is 22.0 Å². The van der Waals surface area contributed by atoms with Crippen LogP contribution in [0.3, 0.4) is 0 Å². The van der Waals surface area contributed by atoms with Crippen LogP contribution in [-0.4, -0.2) is 21.5 Å². The molecule has 9 heteroatoms. The summed E-state index contributed by atoms with van der Waals surface area (Å²) >= 11 is 2.97. The van der Waals surface area contributed by atoms with E-state index in [1.54, 1.807) is 0 Å². The van der Waals surface area contributed by atoms with Gasteiger partial charge >= 0.3 is 5.97 Å². The summed E-state index contributed by atoms with van der Waals surface area (Å²) in [5, 5.41) is 0. The van der Waals surface area contributed by atoms with E-state index in [2.05, 4.69) is 25.4 Å². The van der Waals surface area contributed by atoms with E-state index >= 15 is 0 Å². The molecular weight excluding hydrogens is 408 g/mol. The van der Waals surface area contributed by atoms with Crippen LogP contribution < -0.4 is 4.72 Å². The van der Waals surface area contributed by atoms with E-state index in [4.69, 9.17) is 0 Å². The first-order chi connectivity index (χ1) is 11.2. The average Bonchev–Trinajstić information content (AvgIpc) is 2.49. The molecule has 0 aliphatic heterocycles. The van der Waals surface area contributed by atoms with Crippen LogP contribution in [0.4, 0.5) is 14.5 Å². The van der Waals surface area contributed by atoms with Gasteiger partial charge in [0.05, 0.1) is 18.4 Å². The topological polar surface area (TPSA) is 72.5 Å². The maximum absolute atomic E-state index is 14.1. The van der Waals surface area contributed by atoms with Crippen molar-refractivity contribution in [2.75, 3.05) is 11.8 Å². The van der Waals surface area contributed by atoms with Crippen molar-refractivity contribution in [3.05, 3.63) is 57.6 Å². The molecule has 0 saturated heterocycles. The number of carbonyl (C=O) groups is 1. The molecule has 0 amide bonds. The summed E-state index contributed by atoms with van der Waals surface area (Å²) in [5.41, 5.74) is 0.107. The SMILES string of the molecule is COC(=O)c1cc(S(=O)(=O)Nc2ccc(C)c(F)c2)c(F)cc1Br. The van der Waals surface area contributed by atoms with Crippen molar-refractivity contribution in [1.29, 1.82) is 0 Å². The van der Waals surface area contributed by atoms with Gasteiger partial charge in [-0.3, -0.25) is 4.72 Å². The Labute approximate surface area is 145 Å². The Balaban J connectivity index is 2.48. The molecular formula is C15H12BrF2NO4S. The highest BCUT2D eigenvalue weighted by molar-refractivity contribution is 9.10. The number of methoxy groups -OCH3 is 1. The molecule has 5 nitrogen and oxygen atoms in total. The Morgan fingerprint density at radius 2 is 1.83 bits per heavy atom. The van der Waals surface area contributed by atoms with Crippen LogP contribution in [0.1, 0.15) is 15.9 Å². The van der Waals surface area contributed by atoms with Gasteiger partial charge in [0, 0.05) is 4.47 Å². The zero-order chi connectivity index (χ0) is 18.1. The molecule has 0 fully saturated rings. The quantitative estimate of drug-likeness (QED) is 0.768. The largest absolute Gasteiger partial charge is 0.465 e. The third kappa shape index (κ3) is 3.73. The molecule has 0 aliphatic rings. The Morgan fingerprint density at radius 3 is 2.42 bits per heavy atom. The van der Waals surface area contributed by atoms with E-state index in [0.29, 0.717) is 5.56 Å². The summed E-state index contributed by atoms with van der Waals surface area (Å²) in [5.74, 6) is -2.52. The Hall–Kier alpha value is -2.00. The second kappa shape index (κ2) is 6.86. The van der Waals surface area contributed by atoms with E-state index in [9.17, 15) is 22.0 Å². The summed E-state index contributed by atoms with van der Waals surface area (Å²) in [4.78, 5) is 10.9. The van der Waals surface area contributed by atoms with Gasteiger partial charge in [-0.1, -0.05) is 6.07 Å². The molecule has 2 aromatic carbocycles. The van der Waals surface area contributed by atoms with Gasteiger partial charge in [0.2, 0.25) is 0 Å². The lowest BCUT2D eigenvalue weighted by Gasteiger charge is -2.11. The van der Waals surface area contributed by atoms with Crippen LogP contribution in [0, 0.1) is 18.6 Å². The predicted molar refractivity (Wildman–Crippen MR) is 87.4 cm³/mol. The van der Waals surface area contributed by atoms with Crippen molar-refractivity contribution in [3.63, 3.8) is 0 Å².